The summed E-state index contributed by atoms with van der Waals surface area (Å²) in [5, 5.41) is 9.59. The van der Waals surface area contributed by atoms with Crippen molar-refractivity contribution in [3.05, 3.63) is 29.3 Å². The summed E-state index contributed by atoms with van der Waals surface area (Å²) in [7, 11) is 0. The number of hydrogen-bond acceptors (Lipinski definition) is 3. The van der Waals surface area contributed by atoms with Crippen LogP contribution in [0, 0.1) is 12.8 Å². The van der Waals surface area contributed by atoms with Gasteiger partial charge in [-0.05, 0) is 49.9 Å². The van der Waals surface area contributed by atoms with E-state index in [1.807, 2.05) is 19.1 Å². The highest BCUT2D eigenvalue weighted by molar-refractivity contribution is 5.49. The Bertz CT molecular complexity index is 390. The van der Waals surface area contributed by atoms with Gasteiger partial charge in [0, 0.05) is 18.8 Å². The molecule has 0 aliphatic carbocycles. The summed E-state index contributed by atoms with van der Waals surface area (Å²) >= 11 is 0. The Morgan fingerprint density at radius 3 is 2.94 bits per heavy atom. The minimum absolute atomic E-state index is 0.193. The van der Waals surface area contributed by atoms with Crippen LogP contribution in [-0.4, -0.2) is 29.2 Å². The third kappa shape index (κ3) is 2.79. The third-order valence-corrected chi connectivity index (χ3v) is 3.87. The zero-order valence-electron chi connectivity index (χ0n) is 10.7. The Morgan fingerprint density at radius 1 is 1.53 bits per heavy atom. The molecule has 3 heteroatoms. The predicted octanol–water partition coefficient (Wildman–Crippen LogP) is 1.78. The van der Waals surface area contributed by atoms with E-state index in [1.165, 1.54) is 11.1 Å². The van der Waals surface area contributed by atoms with E-state index in [1.54, 1.807) is 0 Å². The summed E-state index contributed by atoms with van der Waals surface area (Å²) in [6, 6.07) is 6.10. The van der Waals surface area contributed by atoms with E-state index in [-0.39, 0.29) is 6.10 Å². The number of rotatable bonds is 3. The molecule has 2 unspecified atom stereocenters. The fourth-order valence-corrected chi connectivity index (χ4v) is 2.52. The van der Waals surface area contributed by atoms with Gasteiger partial charge in [-0.15, -0.1) is 0 Å². The minimum atomic E-state index is -0.193. The summed E-state index contributed by atoms with van der Waals surface area (Å²) < 4.78 is 0. The normalized spacial score (nSPS) is 22.9. The van der Waals surface area contributed by atoms with Gasteiger partial charge in [0.15, 0.2) is 0 Å². The van der Waals surface area contributed by atoms with Crippen molar-refractivity contribution in [3.8, 4) is 0 Å². The molecular weight excluding hydrogens is 212 g/mol. The molecule has 1 aromatic carbocycles. The number of nitrogens with zero attached hydrogens (tertiary/aromatic N) is 1. The lowest BCUT2D eigenvalue weighted by Crippen LogP contribution is -2.24. The first kappa shape index (κ1) is 12.4. The van der Waals surface area contributed by atoms with E-state index in [2.05, 4.69) is 17.9 Å². The zero-order chi connectivity index (χ0) is 12.4. The van der Waals surface area contributed by atoms with Crippen LogP contribution in [0.15, 0.2) is 18.2 Å². The summed E-state index contributed by atoms with van der Waals surface area (Å²) in [5.41, 5.74) is 9.27. The number of anilines is 1. The van der Waals surface area contributed by atoms with Gasteiger partial charge >= 0.3 is 0 Å². The van der Waals surface area contributed by atoms with Crippen molar-refractivity contribution in [2.24, 2.45) is 5.92 Å². The smallest absolute Gasteiger partial charge is 0.0552 e. The van der Waals surface area contributed by atoms with E-state index in [4.69, 9.17) is 5.73 Å². The molecule has 0 aromatic heterocycles. The Morgan fingerprint density at radius 2 is 2.29 bits per heavy atom. The van der Waals surface area contributed by atoms with Crippen LogP contribution in [0.1, 0.15) is 24.5 Å². The van der Waals surface area contributed by atoms with Crippen molar-refractivity contribution in [1.82, 2.24) is 4.90 Å². The predicted molar refractivity (Wildman–Crippen MR) is 70.7 cm³/mol. The highest BCUT2D eigenvalue weighted by Crippen LogP contribution is 2.23. The van der Waals surface area contributed by atoms with Crippen LogP contribution in [0.25, 0.3) is 0 Å². The lowest BCUT2D eigenvalue weighted by molar-refractivity contribution is 0.127. The summed E-state index contributed by atoms with van der Waals surface area (Å²) in [4.78, 5) is 2.40. The van der Waals surface area contributed by atoms with Crippen LogP contribution in [0.2, 0.25) is 0 Å². The summed E-state index contributed by atoms with van der Waals surface area (Å²) in [6.45, 7) is 6.97. The number of benzene rings is 1. The van der Waals surface area contributed by atoms with Crippen molar-refractivity contribution in [2.75, 3.05) is 18.8 Å². The highest BCUT2D eigenvalue weighted by Gasteiger charge is 2.26. The van der Waals surface area contributed by atoms with Crippen molar-refractivity contribution in [2.45, 2.75) is 32.9 Å². The quantitative estimate of drug-likeness (QED) is 0.784. The molecule has 17 heavy (non-hydrogen) atoms. The van der Waals surface area contributed by atoms with Crippen LogP contribution in [0.3, 0.4) is 0 Å². The molecule has 94 valence electrons. The lowest BCUT2D eigenvalue weighted by atomic mass is 10.0. The number of hydrogen-bond donors (Lipinski definition) is 2. The second-order valence-corrected chi connectivity index (χ2v) is 5.16. The van der Waals surface area contributed by atoms with Gasteiger partial charge in [-0.2, -0.15) is 0 Å². The first-order chi connectivity index (χ1) is 8.08. The van der Waals surface area contributed by atoms with E-state index >= 15 is 0 Å². The molecule has 1 aromatic rings. The maximum atomic E-state index is 9.59. The first-order valence-electron chi connectivity index (χ1n) is 6.32. The number of nitrogen functional groups attached to an aromatic ring is 1. The van der Waals surface area contributed by atoms with Crippen molar-refractivity contribution in [3.63, 3.8) is 0 Å². The monoisotopic (exact) mass is 234 g/mol. The number of nitrogens with two attached hydrogens (primary N) is 1. The van der Waals surface area contributed by atoms with Crippen LogP contribution in [0.5, 0.6) is 0 Å². The van der Waals surface area contributed by atoms with Crippen LogP contribution >= 0.6 is 0 Å². The standard InChI is InChI=1S/C14H22N2O/c1-10-12(4-3-5-14(10)15)8-16-7-6-13(9-16)11(2)17/h3-5,11,13,17H,6-9,15H2,1-2H3. The van der Waals surface area contributed by atoms with Crippen LogP contribution in [0.4, 0.5) is 5.69 Å². The summed E-state index contributed by atoms with van der Waals surface area (Å²) in [6.07, 6.45) is 0.904. The Kier molecular flexibility index (Phi) is 3.69. The van der Waals surface area contributed by atoms with E-state index in [9.17, 15) is 5.11 Å². The minimum Gasteiger partial charge on any atom is -0.399 e. The molecule has 1 saturated heterocycles. The van der Waals surface area contributed by atoms with Gasteiger partial charge in [0.1, 0.15) is 0 Å². The second kappa shape index (κ2) is 5.07. The molecule has 2 rings (SSSR count). The van der Waals surface area contributed by atoms with Crippen LogP contribution in [-0.2, 0) is 6.54 Å². The fourth-order valence-electron chi connectivity index (χ4n) is 2.52. The Balaban J connectivity index is 2.00. The molecule has 2 atom stereocenters. The molecule has 1 aliphatic rings. The summed E-state index contributed by atoms with van der Waals surface area (Å²) in [5.74, 6) is 0.427. The maximum Gasteiger partial charge on any atom is 0.0552 e. The van der Waals surface area contributed by atoms with Gasteiger partial charge in [-0.1, -0.05) is 12.1 Å². The van der Waals surface area contributed by atoms with Crippen molar-refractivity contribution < 1.29 is 5.11 Å². The molecular formula is C14H22N2O. The first-order valence-corrected chi connectivity index (χ1v) is 6.32. The maximum absolute atomic E-state index is 9.59. The van der Waals surface area contributed by atoms with Crippen molar-refractivity contribution >= 4 is 5.69 Å². The number of likely N-dealkylation sites (tertiary alicyclic amines) is 1. The second-order valence-electron chi connectivity index (χ2n) is 5.16. The Labute approximate surface area is 103 Å². The largest absolute Gasteiger partial charge is 0.399 e. The number of aliphatic hydroxyl groups excluding tert-OH is 1. The molecule has 1 fully saturated rings. The molecule has 3 nitrogen and oxygen atoms in total. The highest BCUT2D eigenvalue weighted by atomic mass is 16.3. The molecule has 0 saturated carbocycles. The molecule has 0 spiro atoms. The molecule has 0 amide bonds. The van der Waals surface area contributed by atoms with Gasteiger partial charge < -0.3 is 10.8 Å². The van der Waals surface area contributed by atoms with Gasteiger partial charge in [0.2, 0.25) is 0 Å². The van der Waals surface area contributed by atoms with Crippen molar-refractivity contribution in [1.29, 1.82) is 0 Å². The average molecular weight is 234 g/mol. The van der Waals surface area contributed by atoms with Crippen LogP contribution < -0.4 is 5.73 Å². The van der Waals surface area contributed by atoms with Gasteiger partial charge in [-0.25, -0.2) is 0 Å². The average Bonchev–Trinajstić information content (AvgIpc) is 2.73. The fraction of sp³-hybridized carbons (Fsp3) is 0.571. The number of aliphatic hydroxyl groups is 1. The molecule has 1 aliphatic heterocycles. The van der Waals surface area contributed by atoms with Gasteiger partial charge in [0.05, 0.1) is 6.10 Å². The van der Waals surface area contributed by atoms with E-state index in [0.717, 1.165) is 31.7 Å². The molecule has 3 N–H and O–H groups in total. The molecule has 0 radical (unpaired) electrons. The van der Waals surface area contributed by atoms with Gasteiger partial charge in [0.25, 0.3) is 0 Å². The third-order valence-electron chi connectivity index (χ3n) is 3.87. The molecule has 1 heterocycles. The molecule has 0 bridgehead atoms. The zero-order valence-corrected chi connectivity index (χ0v) is 10.7. The SMILES string of the molecule is Cc1c(N)cccc1CN1CCC(C(C)O)C1. The van der Waals surface area contributed by atoms with E-state index < -0.39 is 0 Å². The Hall–Kier alpha value is -1.06. The lowest BCUT2D eigenvalue weighted by Gasteiger charge is -2.19. The van der Waals surface area contributed by atoms with E-state index in [0.29, 0.717) is 5.92 Å². The topological polar surface area (TPSA) is 49.5 Å². The van der Waals surface area contributed by atoms with Gasteiger partial charge in [-0.3, -0.25) is 4.90 Å².